The summed E-state index contributed by atoms with van der Waals surface area (Å²) in [5.74, 6) is -0.400. The van der Waals surface area contributed by atoms with Crippen LogP contribution in [0.5, 0.6) is 0 Å². The van der Waals surface area contributed by atoms with E-state index in [0.717, 1.165) is 5.69 Å². The Morgan fingerprint density at radius 2 is 1.88 bits per heavy atom. The van der Waals surface area contributed by atoms with E-state index in [2.05, 4.69) is 0 Å². The van der Waals surface area contributed by atoms with Crippen LogP contribution < -0.4 is 0 Å². The number of sulfonamides is 1. The lowest BCUT2D eigenvalue weighted by Gasteiger charge is -2.36. The normalized spacial score (nSPS) is 18.5. The van der Waals surface area contributed by atoms with Crippen molar-refractivity contribution in [3.05, 3.63) is 77.2 Å². The van der Waals surface area contributed by atoms with Crippen LogP contribution in [0.1, 0.15) is 17.3 Å². The number of thiophene rings is 1. The van der Waals surface area contributed by atoms with Gasteiger partial charge in [0.15, 0.2) is 0 Å². The molecule has 3 aromatic rings. The zero-order valence-electron chi connectivity index (χ0n) is 12.7. The molecule has 0 radical (unpaired) electrons. The van der Waals surface area contributed by atoms with Crippen LogP contribution in [0.15, 0.2) is 64.3 Å². The first-order valence-corrected chi connectivity index (χ1v) is 9.86. The molecule has 4 rings (SSSR count). The number of hydrogen-bond acceptors (Lipinski definition) is 3. The molecule has 0 amide bonds. The van der Waals surface area contributed by atoms with Crippen molar-refractivity contribution in [1.29, 1.82) is 0 Å². The molecule has 0 bridgehead atoms. The number of fused-ring (bicyclic) bond motifs is 1. The quantitative estimate of drug-likeness (QED) is 0.716. The highest BCUT2D eigenvalue weighted by Gasteiger charge is 2.39. The zero-order chi connectivity index (χ0) is 16.7. The van der Waals surface area contributed by atoms with Gasteiger partial charge < -0.3 is 4.57 Å². The summed E-state index contributed by atoms with van der Waals surface area (Å²) in [5.41, 5.74) is 1.16. The first-order chi connectivity index (χ1) is 11.6. The van der Waals surface area contributed by atoms with Crippen LogP contribution >= 0.6 is 11.3 Å². The van der Waals surface area contributed by atoms with Crippen LogP contribution in [0.4, 0.5) is 4.39 Å². The average Bonchev–Trinajstić information content (AvgIpc) is 3.26. The Bertz CT molecular complexity index is 964. The van der Waals surface area contributed by atoms with E-state index in [-0.39, 0.29) is 4.21 Å². The second-order valence-electron chi connectivity index (χ2n) is 5.60. The number of rotatable bonds is 3. The lowest BCUT2D eigenvalue weighted by molar-refractivity contribution is 0.293. The molecule has 124 valence electrons. The second-order valence-corrected chi connectivity index (χ2v) is 8.66. The summed E-state index contributed by atoms with van der Waals surface area (Å²) in [4.78, 5) is 0. The summed E-state index contributed by atoms with van der Waals surface area (Å²) in [6, 6.07) is 12.7. The fraction of sp³-hybridized carbons (Fsp3) is 0.176. The Labute approximate surface area is 143 Å². The van der Waals surface area contributed by atoms with Crippen LogP contribution in [0.25, 0.3) is 0 Å². The van der Waals surface area contributed by atoms with Gasteiger partial charge in [-0.25, -0.2) is 12.8 Å². The monoisotopic (exact) mass is 362 g/mol. The molecule has 0 saturated carbocycles. The van der Waals surface area contributed by atoms with Crippen molar-refractivity contribution in [2.24, 2.45) is 0 Å². The lowest BCUT2D eigenvalue weighted by atomic mass is 10.0. The van der Waals surface area contributed by atoms with Gasteiger partial charge in [-0.15, -0.1) is 11.3 Å². The van der Waals surface area contributed by atoms with Gasteiger partial charge in [0.2, 0.25) is 0 Å². The van der Waals surface area contributed by atoms with Gasteiger partial charge in [-0.05, 0) is 29.6 Å². The number of hydrogen-bond donors (Lipinski definition) is 0. The Morgan fingerprint density at radius 1 is 1.04 bits per heavy atom. The van der Waals surface area contributed by atoms with Crippen molar-refractivity contribution < 1.29 is 12.8 Å². The molecule has 1 unspecified atom stereocenters. The standard InChI is InChI=1S/C17H15FN2O2S2/c18-14-6-2-1-5-13(14)17-15-7-3-9-19(15)10-11-20(17)24(21,22)16-8-4-12-23-16/h1-9,12,17H,10-11H2. The fourth-order valence-electron chi connectivity index (χ4n) is 3.16. The van der Waals surface area contributed by atoms with E-state index in [9.17, 15) is 12.8 Å². The Balaban J connectivity index is 1.90. The van der Waals surface area contributed by atoms with E-state index in [0.29, 0.717) is 18.7 Å². The van der Waals surface area contributed by atoms with Crippen molar-refractivity contribution in [2.75, 3.05) is 6.54 Å². The summed E-state index contributed by atoms with van der Waals surface area (Å²) in [7, 11) is -3.68. The second kappa shape index (κ2) is 5.84. The Morgan fingerprint density at radius 3 is 2.62 bits per heavy atom. The molecule has 0 fully saturated rings. The molecule has 2 aromatic heterocycles. The third-order valence-electron chi connectivity index (χ3n) is 4.25. The van der Waals surface area contributed by atoms with Gasteiger partial charge in [-0.3, -0.25) is 0 Å². The van der Waals surface area contributed by atoms with E-state index in [1.807, 2.05) is 22.9 Å². The molecular formula is C17H15FN2O2S2. The van der Waals surface area contributed by atoms with E-state index >= 15 is 0 Å². The maximum atomic E-state index is 14.5. The predicted octanol–water partition coefficient (Wildman–Crippen LogP) is 3.48. The molecule has 1 atom stereocenters. The largest absolute Gasteiger partial charge is 0.348 e. The number of benzene rings is 1. The van der Waals surface area contributed by atoms with Gasteiger partial charge in [0.05, 0.1) is 6.04 Å². The summed E-state index contributed by atoms with van der Waals surface area (Å²) in [6.45, 7) is 0.860. The maximum absolute atomic E-state index is 14.5. The smallest absolute Gasteiger partial charge is 0.253 e. The fourth-order valence-corrected chi connectivity index (χ4v) is 5.85. The van der Waals surface area contributed by atoms with Crippen LogP contribution in [0.3, 0.4) is 0 Å². The summed E-state index contributed by atoms with van der Waals surface area (Å²) >= 11 is 1.18. The van der Waals surface area contributed by atoms with Gasteiger partial charge in [-0.2, -0.15) is 4.31 Å². The summed E-state index contributed by atoms with van der Waals surface area (Å²) in [5, 5.41) is 1.73. The minimum Gasteiger partial charge on any atom is -0.348 e. The topological polar surface area (TPSA) is 42.3 Å². The summed E-state index contributed by atoms with van der Waals surface area (Å²) in [6.07, 6.45) is 1.90. The van der Waals surface area contributed by atoms with Crippen molar-refractivity contribution >= 4 is 21.4 Å². The molecule has 3 heterocycles. The van der Waals surface area contributed by atoms with Gasteiger partial charge in [-0.1, -0.05) is 24.3 Å². The van der Waals surface area contributed by atoms with Gasteiger partial charge in [0.1, 0.15) is 10.0 Å². The van der Waals surface area contributed by atoms with Gasteiger partial charge >= 0.3 is 0 Å². The highest BCUT2D eigenvalue weighted by molar-refractivity contribution is 7.91. The third kappa shape index (κ3) is 2.40. The van der Waals surface area contributed by atoms with E-state index in [1.165, 1.54) is 21.7 Å². The molecular weight excluding hydrogens is 347 g/mol. The third-order valence-corrected chi connectivity index (χ3v) is 7.49. The predicted molar refractivity (Wildman–Crippen MR) is 90.9 cm³/mol. The van der Waals surface area contributed by atoms with Crippen LogP contribution in [-0.2, 0) is 16.6 Å². The molecule has 0 spiro atoms. The van der Waals surface area contributed by atoms with Crippen molar-refractivity contribution in [3.63, 3.8) is 0 Å². The number of aromatic nitrogens is 1. The van der Waals surface area contributed by atoms with E-state index in [1.54, 1.807) is 35.7 Å². The molecule has 24 heavy (non-hydrogen) atoms. The molecule has 1 aromatic carbocycles. The van der Waals surface area contributed by atoms with Crippen LogP contribution in [-0.4, -0.2) is 23.8 Å². The first-order valence-electron chi connectivity index (χ1n) is 7.54. The number of halogens is 1. The SMILES string of the molecule is O=S(=O)(c1cccs1)N1CCn2cccc2C1c1ccccc1F. The molecule has 1 aliphatic heterocycles. The minimum atomic E-state index is -3.68. The lowest BCUT2D eigenvalue weighted by Crippen LogP contribution is -2.42. The first kappa shape index (κ1) is 15.6. The maximum Gasteiger partial charge on any atom is 0.253 e. The molecule has 0 saturated heterocycles. The highest BCUT2D eigenvalue weighted by atomic mass is 32.2. The van der Waals surface area contributed by atoms with Gasteiger partial charge in [0, 0.05) is 30.5 Å². The zero-order valence-corrected chi connectivity index (χ0v) is 14.3. The molecule has 4 nitrogen and oxygen atoms in total. The average molecular weight is 362 g/mol. The van der Waals surface area contributed by atoms with Crippen molar-refractivity contribution in [2.45, 2.75) is 16.8 Å². The van der Waals surface area contributed by atoms with E-state index < -0.39 is 21.9 Å². The molecule has 7 heteroatoms. The van der Waals surface area contributed by atoms with E-state index in [4.69, 9.17) is 0 Å². The number of nitrogens with zero attached hydrogens (tertiary/aromatic N) is 2. The van der Waals surface area contributed by atoms with Crippen molar-refractivity contribution in [3.8, 4) is 0 Å². The summed E-state index contributed by atoms with van der Waals surface area (Å²) < 4.78 is 44.3. The minimum absolute atomic E-state index is 0.281. The highest BCUT2D eigenvalue weighted by Crippen LogP contribution is 2.38. The Hall–Kier alpha value is -1.96. The van der Waals surface area contributed by atoms with Crippen LogP contribution in [0.2, 0.25) is 0 Å². The Kier molecular flexibility index (Phi) is 3.79. The van der Waals surface area contributed by atoms with Crippen LogP contribution in [0, 0.1) is 5.82 Å². The molecule has 0 N–H and O–H groups in total. The molecule has 1 aliphatic rings. The molecule has 0 aliphatic carbocycles. The van der Waals surface area contributed by atoms with Gasteiger partial charge in [0.25, 0.3) is 10.0 Å². The van der Waals surface area contributed by atoms with Crippen molar-refractivity contribution in [1.82, 2.24) is 8.87 Å².